The van der Waals surface area contributed by atoms with Crippen LogP contribution in [0.25, 0.3) is 0 Å². The molecule has 6 heteroatoms. The highest BCUT2D eigenvalue weighted by Gasteiger charge is 2.30. The van der Waals surface area contributed by atoms with Gasteiger partial charge in [-0.2, -0.15) is 0 Å². The van der Waals surface area contributed by atoms with Gasteiger partial charge in [-0.1, -0.05) is 12.1 Å². The maximum absolute atomic E-state index is 13.3. The van der Waals surface area contributed by atoms with E-state index in [0.717, 1.165) is 18.8 Å². The zero-order valence-electron chi connectivity index (χ0n) is 14.3. The van der Waals surface area contributed by atoms with Gasteiger partial charge in [0.2, 0.25) is 0 Å². The molecule has 0 amide bonds. The second-order valence-corrected chi connectivity index (χ2v) is 6.65. The molecule has 2 fully saturated rings. The van der Waals surface area contributed by atoms with Crippen molar-refractivity contribution in [2.45, 2.75) is 43.9 Å². The first-order valence-electron chi connectivity index (χ1n) is 8.69. The Morgan fingerprint density at radius 3 is 2.38 bits per heavy atom. The first-order chi connectivity index (χ1) is 11.5. The minimum absolute atomic E-state index is 0.00611. The number of likely N-dealkylation sites (tertiary alicyclic amines) is 1. The lowest BCUT2D eigenvalue weighted by atomic mass is 9.98. The van der Waals surface area contributed by atoms with E-state index in [0.29, 0.717) is 13.0 Å². The van der Waals surface area contributed by atoms with E-state index in [1.165, 1.54) is 25.3 Å². The SMILES string of the molecule is CN1C[C@H](O)C(O)C[C@@H]1CO.Fc1ccccc1N1CCCCC1. The molecule has 24 heavy (non-hydrogen) atoms. The van der Waals surface area contributed by atoms with Crippen molar-refractivity contribution in [1.29, 1.82) is 0 Å². The molecule has 3 atom stereocenters. The Kier molecular flexibility index (Phi) is 7.42. The van der Waals surface area contributed by atoms with Gasteiger partial charge in [-0.25, -0.2) is 4.39 Å². The average molecular weight is 340 g/mol. The molecule has 2 saturated heterocycles. The van der Waals surface area contributed by atoms with Gasteiger partial charge in [0.25, 0.3) is 0 Å². The van der Waals surface area contributed by atoms with Crippen LogP contribution >= 0.6 is 0 Å². The predicted molar refractivity (Wildman–Crippen MR) is 92.6 cm³/mol. The van der Waals surface area contributed by atoms with Crippen molar-refractivity contribution in [2.75, 3.05) is 38.2 Å². The van der Waals surface area contributed by atoms with Gasteiger partial charge in [-0.15, -0.1) is 0 Å². The third-order valence-corrected chi connectivity index (χ3v) is 4.82. The molecule has 2 aliphatic rings. The van der Waals surface area contributed by atoms with E-state index in [9.17, 15) is 14.6 Å². The number of benzene rings is 1. The van der Waals surface area contributed by atoms with Gasteiger partial charge in [-0.05, 0) is 44.9 Å². The Morgan fingerprint density at radius 1 is 1.08 bits per heavy atom. The molecule has 2 heterocycles. The van der Waals surface area contributed by atoms with Crippen molar-refractivity contribution in [3.05, 3.63) is 30.1 Å². The smallest absolute Gasteiger partial charge is 0.146 e. The number of rotatable bonds is 2. The third kappa shape index (κ3) is 5.14. The van der Waals surface area contributed by atoms with Crippen LogP contribution in [0.4, 0.5) is 10.1 Å². The van der Waals surface area contributed by atoms with Crippen molar-refractivity contribution in [2.24, 2.45) is 0 Å². The summed E-state index contributed by atoms with van der Waals surface area (Å²) in [5, 5.41) is 27.2. The number of anilines is 1. The highest BCUT2D eigenvalue weighted by atomic mass is 19.1. The number of aliphatic hydroxyl groups excluding tert-OH is 3. The molecule has 0 radical (unpaired) electrons. The number of likely N-dealkylation sites (N-methyl/N-ethyl adjacent to an activating group) is 1. The Balaban J connectivity index is 0.000000177. The van der Waals surface area contributed by atoms with Crippen molar-refractivity contribution in [3.8, 4) is 0 Å². The Labute approximate surface area is 143 Å². The predicted octanol–water partition coefficient (Wildman–Crippen LogP) is 1.22. The van der Waals surface area contributed by atoms with Crippen LogP contribution in [0, 0.1) is 5.82 Å². The van der Waals surface area contributed by atoms with E-state index in [-0.39, 0.29) is 18.5 Å². The highest BCUT2D eigenvalue weighted by molar-refractivity contribution is 5.47. The van der Waals surface area contributed by atoms with Gasteiger partial charge in [0.15, 0.2) is 0 Å². The summed E-state index contributed by atoms with van der Waals surface area (Å²) in [6, 6.07) is 7.02. The van der Waals surface area contributed by atoms with Crippen LogP contribution in [0.2, 0.25) is 0 Å². The minimum Gasteiger partial charge on any atom is -0.395 e. The fourth-order valence-electron chi connectivity index (χ4n) is 3.24. The molecule has 1 unspecified atom stereocenters. The number of nitrogens with zero attached hydrogens (tertiary/aromatic N) is 2. The molecule has 0 aromatic heterocycles. The van der Waals surface area contributed by atoms with Crippen LogP contribution in [0.5, 0.6) is 0 Å². The quantitative estimate of drug-likeness (QED) is 0.755. The molecule has 3 rings (SSSR count). The van der Waals surface area contributed by atoms with Crippen LogP contribution in [-0.4, -0.2) is 71.8 Å². The molecule has 2 aliphatic heterocycles. The van der Waals surface area contributed by atoms with Crippen LogP contribution in [0.3, 0.4) is 0 Å². The van der Waals surface area contributed by atoms with Gasteiger partial charge in [0, 0.05) is 25.7 Å². The maximum Gasteiger partial charge on any atom is 0.146 e. The second kappa shape index (κ2) is 9.32. The monoisotopic (exact) mass is 340 g/mol. The third-order valence-electron chi connectivity index (χ3n) is 4.82. The highest BCUT2D eigenvalue weighted by Crippen LogP contribution is 2.22. The largest absolute Gasteiger partial charge is 0.395 e. The summed E-state index contributed by atoms with van der Waals surface area (Å²) < 4.78 is 13.3. The zero-order valence-corrected chi connectivity index (χ0v) is 14.3. The van der Waals surface area contributed by atoms with Crippen molar-refractivity contribution in [3.63, 3.8) is 0 Å². The number of halogens is 1. The standard InChI is InChI=1S/C11H14FN.C7H15NO3/c12-10-6-2-3-7-11(10)13-8-4-1-5-9-13;1-8-3-7(11)6(10)2-5(8)4-9/h2-3,6-7H,1,4-5,8-9H2;5-7,9-11H,2-4H2,1H3/t;5-,6?,7+/m.1/s1. The molecule has 0 saturated carbocycles. The molecular weight excluding hydrogens is 311 g/mol. The number of hydrogen-bond acceptors (Lipinski definition) is 5. The molecule has 5 nitrogen and oxygen atoms in total. The van der Waals surface area contributed by atoms with E-state index in [2.05, 4.69) is 4.90 Å². The Hall–Kier alpha value is -1.21. The fraction of sp³-hybridized carbons (Fsp3) is 0.667. The second-order valence-electron chi connectivity index (χ2n) is 6.65. The summed E-state index contributed by atoms with van der Waals surface area (Å²) in [5.41, 5.74) is 0.766. The van der Waals surface area contributed by atoms with Gasteiger partial charge >= 0.3 is 0 Å². The first kappa shape index (κ1) is 19.1. The van der Waals surface area contributed by atoms with Crippen LogP contribution in [0.1, 0.15) is 25.7 Å². The van der Waals surface area contributed by atoms with Crippen LogP contribution in [-0.2, 0) is 0 Å². The molecule has 1 aromatic carbocycles. The molecule has 1 aromatic rings. The van der Waals surface area contributed by atoms with E-state index in [1.807, 2.05) is 24.1 Å². The summed E-state index contributed by atoms with van der Waals surface area (Å²) in [6.45, 7) is 2.48. The summed E-state index contributed by atoms with van der Waals surface area (Å²) >= 11 is 0. The summed E-state index contributed by atoms with van der Waals surface area (Å²) in [4.78, 5) is 4.00. The number of aliphatic hydroxyl groups is 3. The van der Waals surface area contributed by atoms with Crippen LogP contribution in [0.15, 0.2) is 24.3 Å². The van der Waals surface area contributed by atoms with Gasteiger partial charge in [0.1, 0.15) is 5.82 Å². The lowest BCUT2D eigenvalue weighted by molar-refractivity contribution is -0.0626. The topological polar surface area (TPSA) is 67.2 Å². The van der Waals surface area contributed by atoms with Crippen molar-refractivity contribution >= 4 is 5.69 Å². The molecule has 136 valence electrons. The Bertz CT molecular complexity index is 497. The number of β-amino-alcohol motifs (C(OH)–C–C–N with tert-alkyl or cyclic N) is 1. The molecule has 0 spiro atoms. The average Bonchev–Trinajstić information content (AvgIpc) is 2.60. The summed E-state index contributed by atoms with van der Waals surface area (Å²) in [7, 11) is 1.83. The fourth-order valence-corrected chi connectivity index (χ4v) is 3.24. The summed E-state index contributed by atoms with van der Waals surface area (Å²) in [6.07, 6.45) is 2.77. The number of piperidine rings is 2. The van der Waals surface area contributed by atoms with Crippen molar-refractivity contribution < 1.29 is 19.7 Å². The van der Waals surface area contributed by atoms with Crippen molar-refractivity contribution in [1.82, 2.24) is 4.90 Å². The normalized spacial score (nSPS) is 28.2. The molecule has 0 bridgehead atoms. The molecule has 3 N–H and O–H groups in total. The lowest BCUT2D eigenvalue weighted by Crippen LogP contribution is -2.51. The number of para-hydroxylation sites is 1. The van der Waals surface area contributed by atoms with Gasteiger partial charge in [0.05, 0.1) is 24.5 Å². The minimum atomic E-state index is -0.677. The zero-order chi connectivity index (χ0) is 17.5. The first-order valence-corrected chi connectivity index (χ1v) is 8.69. The number of hydrogen-bond donors (Lipinski definition) is 3. The van der Waals surface area contributed by atoms with E-state index >= 15 is 0 Å². The maximum atomic E-state index is 13.3. The molecular formula is C18H29FN2O3. The Morgan fingerprint density at radius 2 is 1.75 bits per heavy atom. The van der Waals surface area contributed by atoms with E-state index < -0.39 is 12.2 Å². The summed E-state index contributed by atoms with van der Waals surface area (Å²) in [5.74, 6) is -0.0931. The van der Waals surface area contributed by atoms with E-state index in [4.69, 9.17) is 5.11 Å². The molecule has 0 aliphatic carbocycles. The lowest BCUT2D eigenvalue weighted by Gasteiger charge is -2.37. The van der Waals surface area contributed by atoms with Gasteiger partial charge in [-0.3, -0.25) is 4.90 Å². The van der Waals surface area contributed by atoms with Crippen LogP contribution < -0.4 is 4.90 Å². The van der Waals surface area contributed by atoms with E-state index in [1.54, 1.807) is 6.07 Å². The van der Waals surface area contributed by atoms with Gasteiger partial charge < -0.3 is 20.2 Å².